The van der Waals surface area contributed by atoms with Crippen LogP contribution in [0.15, 0.2) is 12.7 Å². The average Bonchev–Trinajstić information content (AvgIpc) is 2.39. The lowest BCUT2D eigenvalue weighted by Crippen LogP contribution is -2.63. The van der Waals surface area contributed by atoms with Crippen molar-refractivity contribution in [1.29, 1.82) is 0 Å². The Morgan fingerprint density at radius 1 is 1.50 bits per heavy atom. The number of hydrogen-bond donors (Lipinski definition) is 1. The van der Waals surface area contributed by atoms with Crippen molar-refractivity contribution in [2.45, 2.75) is 30.4 Å². The van der Waals surface area contributed by atoms with Crippen molar-refractivity contribution in [3.63, 3.8) is 0 Å². The zero-order valence-electron chi connectivity index (χ0n) is 9.05. The van der Waals surface area contributed by atoms with E-state index in [1.54, 1.807) is 0 Å². The Morgan fingerprint density at radius 2 is 2.00 bits per heavy atom. The van der Waals surface area contributed by atoms with Gasteiger partial charge in [-0.15, -0.1) is 0 Å². The van der Waals surface area contributed by atoms with E-state index in [2.05, 4.69) is 16.1 Å². The second-order valence-corrected chi connectivity index (χ2v) is 3.86. The highest BCUT2D eigenvalue weighted by Crippen LogP contribution is 2.54. The molecule has 1 aliphatic rings. The minimum Gasteiger partial charge on any atom is -0.447 e. The van der Waals surface area contributed by atoms with Gasteiger partial charge in [0, 0.05) is 6.08 Å². The third-order valence-electron chi connectivity index (χ3n) is 2.52. The lowest BCUT2D eigenvalue weighted by Gasteiger charge is -2.35. The van der Waals surface area contributed by atoms with Crippen LogP contribution < -0.4 is 0 Å². The molecule has 0 radical (unpaired) electrons. The van der Waals surface area contributed by atoms with Gasteiger partial charge in [-0.2, -0.15) is 22.0 Å². The largest absolute Gasteiger partial charge is 0.449 e. The summed E-state index contributed by atoms with van der Waals surface area (Å²) in [6.07, 6.45) is -5.23. The van der Waals surface area contributed by atoms with Crippen molar-refractivity contribution in [3.8, 4) is 0 Å². The van der Waals surface area contributed by atoms with Gasteiger partial charge >= 0.3 is 23.9 Å². The topological polar surface area (TPSA) is 55.8 Å². The maximum absolute atomic E-state index is 13.6. The van der Waals surface area contributed by atoms with E-state index in [0.717, 1.165) is 0 Å². The fraction of sp³-hybridized carbons (Fsp3) is 0.667. The van der Waals surface area contributed by atoms with Crippen LogP contribution in [0.5, 0.6) is 0 Å². The molecule has 2 unspecified atom stereocenters. The van der Waals surface area contributed by atoms with Gasteiger partial charge in [-0.3, -0.25) is 0 Å². The Morgan fingerprint density at radius 3 is 2.33 bits per heavy atom. The zero-order chi connectivity index (χ0) is 14.4. The van der Waals surface area contributed by atoms with Crippen LogP contribution in [0.1, 0.15) is 6.92 Å². The number of hydrogen-bond acceptors (Lipinski definition) is 4. The molecule has 2 atom stereocenters. The molecule has 1 N–H and O–H groups in total. The van der Waals surface area contributed by atoms with E-state index in [9.17, 15) is 26.7 Å². The highest BCUT2D eigenvalue weighted by atomic mass is 19.4. The third-order valence-corrected chi connectivity index (χ3v) is 2.52. The summed E-state index contributed by atoms with van der Waals surface area (Å²) in [5.41, 5.74) is -2.94. The van der Waals surface area contributed by atoms with Gasteiger partial charge in [-0.1, -0.05) is 6.58 Å². The van der Waals surface area contributed by atoms with Crippen LogP contribution in [0.4, 0.5) is 22.0 Å². The minimum absolute atomic E-state index is 0.506. The molecule has 0 bridgehead atoms. The molecule has 18 heavy (non-hydrogen) atoms. The Labute approximate surface area is 98.0 Å². The van der Waals surface area contributed by atoms with E-state index in [1.807, 2.05) is 0 Å². The second kappa shape index (κ2) is 3.89. The van der Waals surface area contributed by atoms with Crippen LogP contribution in [0.25, 0.3) is 0 Å². The van der Waals surface area contributed by atoms with Gasteiger partial charge in [0.2, 0.25) is 5.60 Å². The van der Waals surface area contributed by atoms with E-state index in [4.69, 9.17) is 5.11 Å². The quantitative estimate of drug-likeness (QED) is 0.470. The van der Waals surface area contributed by atoms with E-state index in [1.165, 1.54) is 0 Å². The monoisotopic (exact) mass is 276 g/mol. The fourth-order valence-electron chi connectivity index (χ4n) is 1.40. The maximum Gasteiger partial charge on any atom is 0.449 e. The first-order valence-corrected chi connectivity index (χ1v) is 4.57. The summed E-state index contributed by atoms with van der Waals surface area (Å²) in [4.78, 5) is 10.8. The van der Waals surface area contributed by atoms with Crippen LogP contribution in [0, 0.1) is 0 Å². The summed E-state index contributed by atoms with van der Waals surface area (Å²) in [5.74, 6) is -10.9. The number of carbonyl (C=O) groups excluding carboxylic acids is 1. The zero-order valence-corrected chi connectivity index (χ0v) is 9.05. The van der Waals surface area contributed by atoms with Gasteiger partial charge in [0.05, 0.1) is 6.61 Å². The normalized spacial score (nSPS) is 35.3. The maximum atomic E-state index is 13.6. The lowest BCUT2D eigenvalue weighted by atomic mass is 9.94. The standard InChI is InChI=1S/C9H9F5O4/c1-3-5(15)18-6(2)4-17-8(16,7(6,10)11)9(12,13)14/h3,16H,1,4H2,2H3. The van der Waals surface area contributed by atoms with Gasteiger partial charge in [0.15, 0.2) is 0 Å². The average molecular weight is 276 g/mol. The number of halogens is 5. The number of carbonyl (C=O) groups is 1. The minimum atomic E-state index is -5.74. The number of alkyl halides is 5. The lowest BCUT2D eigenvalue weighted by molar-refractivity contribution is -0.409. The van der Waals surface area contributed by atoms with Crippen molar-refractivity contribution in [2.75, 3.05) is 6.61 Å². The van der Waals surface area contributed by atoms with Crippen LogP contribution in [-0.2, 0) is 14.3 Å². The summed E-state index contributed by atoms with van der Waals surface area (Å²) < 4.78 is 72.3. The second-order valence-electron chi connectivity index (χ2n) is 3.86. The Kier molecular flexibility index (Phi) is 3.20. The molecule has 104 valence electrons. The van der Waals surface area contributed by atoms with Gasteiger partial charge in [0.25, 0.3) is 0 Å². The summed E-state index contributed by atoms with van der Waals surface area (Å²) >= 11 is 0. The molecule has 0 aromatic carbocycles. The number of aliphatic hydroxyl groups is 1. The molecule has 0 spiro atoms. The SMILES string of the molecule is C=CC(=O)OC1(C)COC(O)(C(F)(F)F)C1(F)F. The molecule has 1 heterocycles. The van der Waals surface area contributed by atoms with E-state index >= 15 is 0 Å². The Hall–Kier alpha value is -1.22. The van der Waals surface area contributed by atoms with Crippen molar-refractivity contribution in [1.82, 2.24) is 0 Å². The highest BCUT2D eigenvalue weighted by Gasteiger charge is 2.82. The van der Waals surface area contributed by atoms with Crippen LogP contribution in [0.3, 0.4) is 0 Å². The summed E-state index contributed by atoms with van der Waals surface area (Å²) in [6.45, 7) is 2.14. The summed E-state index contributed by atoms with van der Waals surface area (Å²) in [7, 11) is 0. The third kappa shape index (κ3) is 1.77. The molecule has 0 aromatic heterocycles. The van der Waals surface area contributed by atoms with Crippen molar-refractivity contribution in [2.24, 2.45) is 0 Å². The predicted molar refractivity (Wildman–Crippen MR) is 46.6 cm³/mol. The van der Waals surface area contributed by atoms with E-state index in [0.29, 0.717) is 13.0 Å². The molecule has 1 saturated heterocycles. The highest BCUT2D eigenvalue weighted by molar-refractivity contribution is 5.81. The first-order valence-electron chi connectivity index (χ1n) is 4.57. The molecular weight excluding hydrogens is 267 g/mol. The van der Waals surface area contributed by atoms with Gasteiger partial charge < -0.3 is 14.6 Å². The van der Waals surface area contributed by atoms with Crippen molar-refractivity contribution < 1.29 is 41.3 Å². The van der Waals surface area contributed by atoms with Crippen LogP contribution in [-0.4, -0.2) is 41.2 Å². The first-order chi connectivity index (χ1) is 7.91. The van der Waals surface area contributed by atoms with Crippen LogP contribution >= 0.6 is 0 Å². The van der Waals surface area contributed by atoms with E-state index in [-0.39, 0.29) is 0 Å². The molecule has 1 rings (SSSR count). The number of ether oxygens (including phenoxy) is 2. The molecule has 0 amide bonds. The Bertz CT molecular complexity index is 380. The molecule has 0 saturated carbocycles. The Balaban J connectivity index is 3.16. The fourth-order valence-corrected chi connectivity index (χ4v) is 1.40. The first kappa shape index (κ1) is 14.8. The van der Waals surface area contributed by atoms with E-state index < -0.39 is 36.1 Å². The van der Waals surface area contributed by atoms with Crippen molar-refractivity contribution in [3.05, 3.63) is 12.7 Å². The van der Waals surface area contributed by atoms with Crippen LogP contribution in [0.2, 0.25) is 0 Å². The molecule has 1 fully saturated rings. The van der Waals surface area contributed by atoms with Gasteiger partial charge in [0.1, 0.15) is 0 Å². The number of esters is 1. The molecule has 1 aliphatic heterocycles. The summed E-state index contributed by atoms with van der Waals surface area (Å²) in [5, 5.41) is 8.96. The molecule has 4 nitrogen and oxygen atoms in total. The smallest absolute Gasteiger partial charge is 0.447 e. The molecular formula is C9H9F5O4. The molecule has 0 aromatic rings. The van der Waals surface area contributed by atoms with Gasteiger partial charge in [-0.25, -0.2) is 4.79 Å². The molecule has 9 heteroatoms. The predicted octanol–water partition coefficient (Wildman–Crippen LogP) is 1.39. The van der Waals surface area contributed by atoms with Gasteiger partial charge in [-0.05, 0) is 6.92 Å². The number of rotatable bonds is 2. The van der Waals surface area contributed by atoms with Crippen molar-refractivity contribution >= 4 is 5.97 Å². The molecule has 0 aliphatic carbocycles. The summed E-state index contributed by atoms with van der Waals surface area (Å²) in [6, 6.07) is 0.